The fourth-order valence-corrected chi connectivity index (χ4v) is 1.95. The fraction of sp³-hybridized carbons (Fsp3) is 0.462. The molecule has 1 amide bonds. The fourth-order valence-electron chi connectivity index (χ4n) is 1.95. The van der Waals surface area contributed by atoms with Gasteiger partial charge in [-0.3, -0.25) is 4.79 Å². The van der Waals surface area contributed by atoms with E-state index in [1.54, 1.807) is 0 Å². The minimum absolute atomic E-state index is 0.254. The lowest BCUT2D eigenvalue weighted by Gasteiger charge is -2.13. The second kappa shape index (κ2) is 4.35. The zero-order chi connectivity index (χ0) is 12.5. The topological polar surface area (TPSA) is 55.1 Å². The predicted octanol–water partition coefficient (Wildman–Crippen LogP) is 2.33. The first-order valence-electron chi connectivity index (χ1n) is 5.89. The van der Waals surface area contributed by atoms with E-state index in [0.29, 0.717) is 6.54 Å². The third-order valence-electron chi connectivity index (χ3n) is 3.51. The van der Waals surface area contributed by atoms with Crippen LogP contribution in [-0.2, 0) is 0 Å². The third kappa shape index (κ3) is 2.75. The predicted molar refractivity (Wildman–Crippen MR) is 65.1 cm³/mol. The SMILES string of the molecule is CCC1(CNC(=O)c2cc(N)cc(F)c2)CC1. The molecule has 1 aliphatic rings. The average Bonchev–Trinajstić information content (AvgIpc) is 3.05. The Bertz CT molecular complexity index is 421. The van der Waals surface area contributed by atoms with E-state index >= 15 is 0 Å². The lowest BCUT2D eigenvalue weighted by molar-refractivity contribution is 0.0944. The van der Waals surface area contributed by atoms with Gasteiger partial charge in [-0.25, -0.2) is 4.39 Å². The summed E-state index contributed by atoms with van der Waals surface area (Å²) < 4.78 is 13.1. The Balaban J connectivity index is 1.99. The molecule has 0 bridgehead atoms. The molecule has 0 atom stereocenters. The molecule has 0 aromatic heterocycles. The Labute approximate surface area is 100 Å². The molecule has 1 aliphatic carbocycles. The van der Waals surface area contributed by atoms with Gasteiger partial charge < -0.3 is 11.1 Å². The normalized spacial score (nSPS) is 16.6. The van der Waals surface area contributed by atoms with Crippen LogP contribution >= 0.6 is 0 Å². The van der Waals surface area contributed by atoms with Crippen LogP contribution < -0.4 is 11.1 Å². The monoisotopic (exact) mass is 236 g/mol. The molecular weight excluding hydrogens is 219 g/mol. The number of rotatable bonds is 4. The largest absolute Gasteiger partial charge is 0.399 e. The van der Waals surface area contributed by atoms with E-state index in [0.717, 1.165) is 19.3 Å². The number of nitrogens with two attached hydrogens (primary N) is 1. The number of hydrogen-bond donors (Lipinski definition) is 2. The first-order valence-corrected chi connectivity index (χ1v) is 5.89. The highest BCUT2D eigenvalue weighted by Gasteiger charge is 2.40. The number of carbonyl (C=O) groups excluding carboxylic acids is 1. The molecule has 4 heteroatoms. The van der Waals surface area contributed by atoms with Crippen LogP contribution in [0, 0.1) is 11.2 Å². The summed E-state index contributed by atoms with van der Waals surface area (Å²) in [7, 11) is 0. The zero-order valence-corrected chi connectivity index (χ0v) is 9.92. The van der Waals surface area contributed by atoms with Crippen LogP contribution in [0.3, 0.4) is 0 Å². The minimum atomic E-state index is -0.480. The number of carbonyl (C=O) groups is 1. The van der Waals surface area contributed by atoms with E-state index in [9.17, 15) is 9.18 Å². The summed E-state index contributed by atoms with van der Waals surface area (Å²) >= 11 is 0. The van der Waals surface area contributed by atoms with Crippen molar-refractivity contribution in [2.24, 2.45) is 5.41 Å². The number of amides is 1. The Morgan fingerprint density at radius 2 is 2.18 bits per heavy atom. The van der Waals surface area contributed by atoms with Crippen LogP contribution in [0.15, 0.2) is 18.2 Å². The summed E-state index contributed by atoms with van der Waals surface area (Å²) in [4.78, 5) is 11.8. The van der Waals surface area contributed by atoms with Gasteiger partial charge in [-0.2, -0.15) is 0 Å². The highest BCUT2D eigenvalue weighted by molar-refractivity contribution is 5.95. The zero-order valence-electron chi connectivity index (χ0n) is 9.92. The van der Waals surface area contributed by atoms with Crippen molar-refractivity contribution >= 4 is 11.6 Å². The van der Waals surface area contributed by atoms with Crippen molar-refractivity contribution < 1.29 is 9.18 Å². The summed E-state index contributed by atoms with van der Waals surface area (Å²) in [6.07, 6.45) is 3.39. The van der Waals surface area contributed by atoms with Gasteiger partial charge in [0.15, 0.2) is 0 Å². The van der Waals surface area contributed by atoms with Gasteiger partial charge in [0.05, 0.1) is 0 Å². The highest BCUT2D eigenvalue weighted by atomic mass is 19.1. The molecule has 1 fully saturated rings. The van der Waals surface area contributed by atoms with Crippen LogP contribution in [0.1, 0.15) is 36.5 Å². The Morgan fingerprint density at radius 1 is 1.47 bits per heavy atom. The molecule has 1 aromatic rings. The molecule has 17 heavy (non-hydrogen) atoms. The van der Waals surface area contributed by atoms with E-state index < -0.39 is 5.82 Å². The Morgan fingerprint density at radius 3 is 2.71 bits per heavy atom. The molecule has 3 nitrogen and oxygen atoms in total. The molecule has 0 heterocycles. The van der Waals surface area contributed by atoms with Crippen LogP contribution in [-0.4, -0.2) is 12.5 Å². The molecule has 0 spiro atoms. The maximum absolute atomic E-state index is 13.1. The average molecular weight is 236 g/mol. The van der Waals surface area contributed by atoms with Crippen molar-refractivity contribution in [2.75, 3.05) is 12.3 Å². The molecule has 0 aliphatic heterocycles. The maximum atomic E-state index is 13.1. The smallest absolute Gasteiger partial charge is 0.251 e. The van der Waals surface area contributed by atoms with Gasteiger partial charge in [-0.15, -0.1) is 0 Å². The molecular formula is C13H17FN2O. The lowest BCUT2D eigenvalue weighted by Crippen LogP contribution is -2.30. The summed E-state index contributed by atoms with van der Waals surface area (Å²) in [5.41, 5.74) is 6.34. The van der Waals surface area contributed by atoms with Crippen molar-refractivity contribution in [1.29, 1.82) is 0 Å². The summed E-state index contributed by atoms with van der Waals surface area (Å²) in [5, 5.41) is 2.85. The number of anilines is 1. The second-order valence-corrected chi connectivity index (χ2v) is 4.81. The van der Waals surface area contributed by atoms with Crippen LogP contribution in [0.5, 0.6) is 0 Å². The van der Waals surface area contributed by atoms with Crippen molar-refractivity contribution in [1.82, 2.24) is 5.32 Å². The van der Waals surface area contributed by atoms with E-state index in [1.165, 1.54) is 18.2 Å². The molecule has 3 N–H and O–H groups in total. The number of nitrogens with one attached hydrogen (secondary N) is 1. The molecule has 1 saturated carbocycles. The van der Waals surface area contributed by atoms with Crippen LogP contribution in [0.2, 0.25) is 0 Å². The van der Waals surface area contributed by atoms with Crippen molar-refractivity contribution in [3.63, 3.8) is 0 Å². The molecule has 1 aromatic carbocycles. The highest BCUT2D eigenvalue weighted by Crippen LogP contribution is 2.47. The van der Waals surface area contributed by atoms with Crippen molar-refractivity contribution in [2.45, 2.75) is 26.2 Å². The van der Waals surface area contributed by atoms with Gasteiger partial charge in [-0.1, -0.05) is 6.92 Å². The number of nitrogen functional groups attached to an aromatic ring is 1. The van der Waals surface area contributed by atoms with E-state index in [1.807, 2.05) is 0 Å². The lowest BCUT2D eigenvalue weighted by atomic mass is 10.0. The van der Waals surface area contributed by atoms with Crippen LogP contribution in [0.25, 0.3) is 0 Å². The van der Waals surface area contributed by atoms with Crippen LogP contribution in [0.4, 0.5) is 10.1 Å². The first kappa shape index (κ1) is 11.9. The van der Waals surface area contributed by atoms with Crippen molar-refractivity contribution in [3.8, 4) is 0 Å². The molecule has 0 unspecified atom stereocenters. The molecule has 92 valence electrons. The molecule has 0 saturated heterocycles. The number of hydrogen-bond acceptors (Lipinski definition) is 2. The van der Waals surface area contributed by atoms with E-state index in [2.05, 4.69) is 12.2 Å². The second-order valence-electron chi connectivity index (χ2n) is 4.81. The summed E-state index contributed by atoms with van der Waals surface area (Å²) in [6.45, 7) is 2.79. The van der Waals surface area contributed by atoms with Gasteiger partial charge in [0.25, 0.3) is 5.91 Å². The molecule has 2 rings (SSSR count). The van der Waals surface area contributed by atoms with Crippen molar-refractivity contribution in [3.05, 3.63) is 29.6 Å². The summed E-state index contributed by atoms with van der Waals surface area (Å²) in [6, 6.07) is 3.90. The van der Waals surface area contributed by atoms with Gasteiger partial charge in [0.2, 0.25) is 0 Å². The number of halogens is 1. The summed E-state index contributed by atoms with van der Waals surface area (Å²) in [5.74, 6) is -0.734. The maximum Gasteiger partial charge on any atom is 0.251 e. The quantitative estimate of drug-likeness (QED) is 0.788. The number of benzene rings is 1. The minimum Gasteiger partial charge on any atom is -0.399 e. The first-order chi connectivity index (χ1) is 8.04. The van der Waals surface area contributed by atoms with Gasteiger partial charge in [-0.05, 0) is 42.9 Å². The Hall–Kier alpha value is -1.58. The van der Waals surface area contributed by atoms with E-state index in [-0.39, 0.29) is 22.6 Å². The van der Waals surface area contributed by atoms with Gasteiger partial charge >= 0.3 is 0 Å². The van der Waals surface area contributed by atoms with Gasteiger partial charge in [0.1, 0.15) is 5.82 Å². The van der Waals surface area contributed by atoms with E-state index in [4.69, 9.17) is 5.73 Å². The Kier molecular flexibility index (Phi) is 3.05. The molecule has 0 radical (unpaired) electrons. The third-order valence-corrected chi connectivity index (χ3v) is 3.51. The van der Waals surface area contributed by atoms with Gasteiger partial charge in [0, 0.05) is 17.8 Å². The standard InChI is InChI=1S/C13H17FN2O/c1-2-13(3-4-13)8-16-12(17)9-5-10(14)7-11(15)6-9/h5-7H,2-4,8,15H2,1H3,(H,16,17).